The number of aromatic nitrogens is 6. The Hall–Kier alpha value is -4.01. The maximum absolute atomic E-state index is 13.2. The molecule has 8 nitrogen and oxygen atoms in total. The summed E-state index contributed by atoms with van der Waals surface area (Å²) in [6.07, 6.45) is 3.11. The minimum atomic E-state index is -0.331. The highest BCUT2D eigenvalue weighted by atomic mass is 19.1. The molecule has 0 radical (unpaired) electrons. The van der Waals surface area contributed by atoms with Gasteiger partial charge in [0.25, 0.3) is 0 Å². The third kappa shape index (κ3) is 2.44. The van der Waals surface area contributed by atoms with Gasteiger partial charge in [0.1, 0.15) is 23.6 Å². The summed E-state index contributed by atoms with van der Waals surface area (Å²) in [4.78, 5) is 8.87. The van der Waals surface area contributed by atoms with Crippen molar-refractivity contribution in [3.05, 3.63) is 60.8 Å². The third-order valence-corrected chi connectivity index (χ3v) is 4.14. The predicted octanol–water partition coefficient (Wildman–Crippen LogP) is 2.68. The minimum absolute atomic E-state index is 0.0868. The first-order valence-corrected chi connectivity index (χ1v) is 7.97. The lowest BCUT2D eigenvalue weighted by atomic mass is 10.2. The van der Waals surface area contributed by atoms with E-state index in [1.165, 1.54) is 41.2 Å². The molecule has 5 rings (SSSR count). The van der Waals surface area contributed by atoms with E-state index >= 15 is 0 Å². The molecule has 27 heavy (non-hydrogen) atoms. The number of halogens is 1. The van der Waals surface area contributed by atoms with Gasteiger partial charge in [0.2, 0.25) is 0 Å². The van der Waals surface area contributed by atoms with Gasteiger partial charge in [-0.25, -0.2) is 23.6 Å². The zero-order valence-electron chi connectivity index (χ0n) is 13.7. The zero-order valence-corrected chi connectivity index (χ0v) is 13.7. The molecule has 0 fully saturated rings. The maximum Gasteiger partial charge on any atom is 0.182 e. The van der Waals surface area contributed by atoms with Crippen LogP contribution in [0.25, 0.3) is 33.8 Å². The van der Waals surface area contributed by atoms with Crippen molar-refractivity contribution in [3.63, 3.8) is 0 Å². The molecule has 0 aliphatic carbocycles. The summed E-state index contributed by atoms with van der Waals surface area (Å²) in [6.45, 7) is 0. The summed E-state index contributed by atoms with van der Waals surface area (Å²) in [5, 5.41) is 28.7. The molecular weight excluding hydrogens is 351 g/mol. The Labute approximate surface area is 150 Å². The standard InChI is InChI=1S/C18H11FN6O2/c19-11-1-3-12(4-2-11)25-17-15(8-21-25)18-22-16(23-24(18)9-20-17)10-5-13(26)7-14(27)6-10/h1-9,26-27H. The Kier molecular flexibility index (Phi) is 3.11. The van der Waals surface area contributed by atoms with Crippen LogP contribution >= 0.6 is 0 Å². The molecule has 132 valence electrons. The Balaban J connectivity index is 1.69. The van der Waals surface area contributed by atoms with Crippen molar-refractivity contribution in [2.45, 2.75) is 0 Å². The number of phenolic OH excluding ortho intramolecular Hbond substituents is 2. The highest BCUT2D eigenvalue weighted by molar-refractivity contribution is 5.90. The van der Waals surface area contributed by atoms with Crippen LogP contribution in [0.3, 0.4) is 0 Å². The van der Waals surface area contributed by atoms with Gasteiger partial charge in [-0.15, -0.1) is 5.10 Å². The molecule has 3 aromatic heterocycles. The van der Waals surface area contributed by atoms with Crippen molar-refractivity contribution in [3.8, 4) is 28.6 Å². The summed E-state index contributed by atoms with van der Waals surface area (Å²) in [7, 11) is 0. The van der Waals surface area contributed by atoms with Crippen molar-refractivity contribution in [2.75, 3.05) is 0 Å². The number of hydrogen-bond donors (Lipinski definition) is 2. The third-order valence-electron chi connectivity index (χ3n) is 4.14. The van der Waals surface area contributed by atoms with E-state index in [1.54, 1.807) is 23.0 Å². The van der Waals surface area contributed by atoms with Crippen molar-refractivity contribution >= 4 is 16.7 Å². The first-order valence-electron chi connectivity index (χ1n) is 7.97. The first kappa shape index (κ1) is 15.3. The number of rotatable bonds is 2. The van der Waals surface area contributed by atoms with E-state index in [-0.39, 0.29) is 17.3 Å². The van der Waals surface area contributed by atoms with Crippen molar-refractivity contribution in [2.24, 2.45) is 0 Å². The van der Waals surface area contributed by atoms with Crippen LogP contribution in [0.1, 0.15) is 0 Å². The summed E-state index contributed by atoms with van der Waals surface area (Å²) < 4.78 is 16.3. The molecule has 2 N–H and O–H groups in total. The molecule has 0 spiro atoms. The van der Waals surface area contributed by atoms with Crippen LogP contribution in [-0.2, 0) is 0 Å². The average Bonchev–Trinajstić information content (AvgIpc) is 3.25. The zero-order chi connectivity index (χ0) is 18.5. The number of nitrogens with zero attached hydrogens (tertiary/aromatic N) is 6. The van der Waals surface area contributed by atoms with E-state index in [0.717, 1.165) is 0 Å². The van der Waals surface area contributed by atoms with Crippen LogP contribution < -0.4 is 0 Å². The molecule has 3 heterocycles. The lowest BCUT2D eigenvalue weighted by Gasteiger charge is -2.02. The van der Waals surface area contributed by atoms with Gasteiger partial charge in [0, 0.05) is 11.6 Å². The highest BCUT2D eigenvalue weighted by Crippen LogP contribution is 2.28. The van der Waals surface area contributed by atoms with E-state index in [4.69, 9.17) is 0 Å². The van der Waals surface area contributed by atoms with Crippen molar-refractivity contribution in [1.82, 2.24) is 29.4 Å². The predicted molar refractivity (Wildman–Crippen MR) is 94.1 cm³/mol. The fraction of sp³-hybridized carbons (Fsp3) is 0. The van der Waals surface area contributed by atoms with Crippen LogP contribution in [0.4, 0.5) is 4.39 Å². The van der Waals surface area contributed by atoms with Gasteiger partial charge in [0.05, 0.1) is 17.3 Å². The fourth-order valence-electron chi connectivity index (χ4n) is 2.94. The fourth-order valence-corrected chi connectivity index (χ4v) is 2.94. The maximum atomic E-state index is 13.2. The monoisotopic (exact) mass is 362 g/mol. The highest BCUT2D eigenvalue weighted by Gasteiger charge is 2.15. The van der Waals surface area contributed by atoms with Crippen LogP contribution in [0.2, 0.25) is 0 Å². The number of benzene rings is 2. The van der Waals surface area contributed by atoms with E-state index < -0.39 is 0 Å². The van der Waals surface area contributed by atoms with Crippen LogP contribution in [0.5, 0.6) is 11.5 Å². The molecule has 2 aromatic carbocycles. The second-order valence-electron chi connectivity index (χ2n) is 5.96. The molecule has 5 aromatic rings. The first-order chi connectivity index (χ1) is 13.1. The molecule has 0 aliphatic heterocycles. The topological polar surface area (TPSA) is 101 Å². The molecule has 0 amide bonds. The van der Waals surface area contributed by atoms with Crippen LogP contribution in [0, 0.1) is 5.82 Å². The molecule has 0 saturated carbocycles. The molecule has 0 aliphatic rings. The second-order valence-corrected chi connectivity index (χ2v) is 5.96. The SMILES string of the molecule is Oc1cc(O)cc(-c2nc3c4cnn(-c5ccc(F)cc5)c4ncn3n2)c1. The largest absolute Gasteiger partial charge is 0.508 e. The van der Waals surface area contributed by atoms with Gasteiger partial charge in [0.15, 0.2) is 17.1 Å². The smallest absolute Gasteiger partial charge is 0.182 e. The van der Waals surface area contributed by atoms with Gasteiger partial charge < -0.3 is 10.2 Å². The summed E-state index contributed by atoms with van der Waals surface area (Å²) in [5.41, 5.74) is 2.20. The average molecular weight is 362 g/mol. The quantitative estimate of drug-likeness (QED) is 0.501. The second kappa shape index (κ2) is 5.49. The van der Waals surface area contributed by atoms with Gasteiger partial charge in [-0.1, -0.05) is 0 Å². The summed E-state index contributed by atoms with van der Waals surface area (Å²) in [6, 6.07) is 10.1. The number of phenols is 2. The Morgan fingerprint density at radius 3 is 2.41 bits per heavy atom. The van der Waals surface area contributed by atoms with Crippen molar-refractivity contribution < 1.29 is 14.6 Å². The lowest BCUT2D eigenvalue weighted by molar-refractivity contribution is 0.451. The Morgan fingerprint density at radius 1 is 0.926 bits per heavy atom. The number of aromatic hydroxyl groups is 2. The van der Waals surface area contributed by atoms with Gasteiger partial charge in [-0.3, -0.25) is 0 Å². The van der Waals surface area contributed by atoms with E-state index in [1.807, 2.05) is 0 Å². The van der Waals surface area contributed by atoms with Gasteiger partial charge in [-0.2, -0.15) is 5.10 Å². The van der Waals surface area contributed by atoms with Crippen LogP contribution in [-0.4, -0.2) is 39.6 Å². The lowest BCUT2D eigenvalue weighted by Crippen LogP contribution is -1.99. The number of fused-ring (bicyclic) bond motifs is 3. The van der Waals surface area contributed by atoms with Crippen molar-refractivity contribution in [1.29, 1.82) is 0 Å². The van der Waals surface area contributed by atoms with Gasteiger partial charge >= 0.3 is 0 Å². The molecule has 0 bridgehead atoms. The summed E-state index contributed by atoms with van der Waals surface area (Å²) in [5.74, 6) is -0.181. The normalized spacial score (nSPS) is 11.4. The Bertz CT molecular complexity index is 1290. The molecule has 0 unspecified atom stereocenters. The summed E-state index contributed by atoms with van der Waals surface area (Å²) >= 11 is 0. The Morgan fingerprint density at radius 2 is 1.67 bits per heavy atom. The molecule has 0 saturated heterocycles. The van der Waals surface area contributed by atoms with Gasteiger partial charge in [-0.05, 0) is 36.4 Å². The van der Waals surface area contributed by atoms with Crippen LogP contribution in [0.15, 0.2) is 55.0 Å². The van der Waals surface area contributed by atoms with E-state index in [2.05, 4.69) is 20.2 Å². The van der Waals surface area contributed by atoms with E-state index in [0.29, 0.717) is 33.8 Å². The molecule has 9 heteroatoms. The molecule has 0 atom stereocenters. The number of hydrogen-bond acceptors (Lipinski definition) is 6. The minimum Gasteiger partial charge on any atom is -0.508 e. The molecular formula is C18H11FN6O2. The van der Waals surface area contributed by atoms with E-state index in [9.17, 15) is 14.6 Å².